The average Bonchev–Trinajstić information content (AvgIpc) is 2.31. The second-order valence-electron chi connectivity index (χ2n) is 7.53. The average molecular weight is 292 g/mol. The molecule has 0 radical (unpaired) electrons. The van der Waals surface area contributed by atoms with Crippen LogP contribution in [0.2, 0.25) is 0 Å². The summed E-state index contributed by atoms with van der Waals surface area (Å²) in [7, 11) is 0. The van der Waals surface area contributed by atoms with Gasteiger partial charge in [0, 0.05) is 6.42 Å². The molecule has 0 aliphatic rings. The van der Waals surface area contributed by atoms with Crippen LogP contribution in [0.5, 0.6) is 5.75 Å². The van der Waals surface area contributed by atoms with E-state index in [0.717, 1.165) is 5.75 Å². The molecule has 0 aliphatic carbocycles. The van der Waals surface area contributed by atoms with Crippen LogP contribution in [-0.4, -0.2) is 17.7 Å². The van der Waals surface area contributed by atoms with Crippen molar-refractivity contribution in [2.24, 2.45) is 0 Å². The van der Waals surface area contributed by atoms with Gasteiger partial charge in [0.05, 0.1) is 6.61 Å². The van der Waals surface area contributed by atoms with Crippen LogP contribution in [0, 0.1) is 0 Å². The second-order valence-corrected chi connectivity index (χ2v) is 7.53. The van der Waals surface area contributed by atoms with E-state index >= 15 is 0 Å². The van der Waals surface area contributed by atoms with Crippen molar-refractivity contribution in [2.45, 2.75) is 65.2 Å². The van der Waals surface area contributed by atoms with E-state index in [0.29, 0.717) is 13.0 Å². The van der Waals surface area contributed by atoms with Crippen LogP contribution in [0.3, 0.4) is 0 Å². The third kappa shape index (κ3) is 5.07. The van der Waals surface area contributed by atoms with Crippen LogP contribution < -0.4 is 4.74 Å². The fourth-order valence-corrected chi connectivity index (χ4v) is 2.27. The van der Waals surface area contributed by atoms with Gasteiger partial charge in [-0.2, -0.15) is 0 Å². The van der Waals surface area contributed by atoms with Gasteiger partial charge in [0.25, 0.3) is 0 Å². The molecule has 0 amide bonds. The van der Waals surface area contributed by atoms with E-state index in [1.54, 1.807) is 0 Å². The van der Waals surface area contributed by atoms with Gasteiger partial charge in [-0.25, -0.2) is 0 Å². The molecule has 0 saturated carbocycles. The maximum atomic E-state index is 10.6. The van der Waals surface area contributed by atoms with E-state index in [9.17, 15) is 4.79 Å². The Balaban J connectivity index is 3.09. The largest absolute Gasteiger partial charge is 0.493 e. The predicted molar refractivity (Wildman–Crippen MR) is 86.2 cm³/mol. The number of hydrogen-bond donors (Lipinski definition) is 1. The number of para-hydroxylation sites is 1. The molecule has 0 heterocycles. The number of ether oxygens (including phenoxy) is 1. The lowest BCUT2D eigenvalue weighted by Gasteiger charge is -2.29. The molecular formula is C18H28O3. The third-order valence-electron chi connectivity index (χ3n) is 3.41. The number of carboxylic acid groups (broad SMARTS) is 1. The Bertz CT molecular complexity index is 458. The summed E-state index contributed by atoms with van der Waals surface area (Å²) in [5.41, 5.74) is 2.32. The Labute approximate surface area is 128 Å². The van der Waals surface area contributed by atoms with Crippen molar-refractivity contribution < 1.29 is 14.6 Å². The van der Waals surface area contributed by atoms with Crippen molar-refractivity contribution in [3.05, 3.63) is 29.3 Å². The maximum absolute atomic E-state index is 10.6. The Morgan fingerprint density at radius 2 is 1.52 bits per heavy atom. The van der Waals surface area contributed by atoms with Crippen LogP contribution in [0.4, 0.5) is 0 Å². The highest BCUT2D eigenvalue weighted by Crippen LogP contribution is 2.39. The molecule has 0 aromatic heterocycles. The van der Waals surface area contributed by atoms with Crippen molar-refractivity contribution in [1.82, 2.24) is 0 Å². The summed E-state index contributed by atoms with van der Waals surface area (Å²) in [5, 5.41) is 8.72. The Kier molecular flexibility index (Phi) is 5.43. The Morgan fingerprint density at radius 1 is 1.05 bits per heavy atom. The van der Waals surface area contributed by atoms with Gasteiger partial charge in [0.1, 0.15) is 5.75 Å². The van der Waals surface area contributed by atoms with Crippen molar-refractivity contribution in [2.75, 3.05) is 6.61 Å². The minimum Gasteiger partial charge on any atom is -0.493 e. The van der Waals surface area contributed by atoms with Crippen LogP contribution in [0.15, 0.2) is 18.2 Å². The molecule has 21 heavy (non-hydrogen) atoms. The number of carbonyl (C=O) groups is 1. The van der Waals surface area contributed by atoms with Crippen molar-refractivity contribution in [1.29, 1.82) is 0 Å². The normalized spacial score (nSPS) is 12.3. The first-order valence-electron chi connectivity index (χ1n) is 7.52. The van der Waals surface area contributed by atoms with Gasteiger partial charge in [-0.05, 0) is 28.4 Å². The zero-order valence-corrected chi connectivity index (χ0v) is 14.1. The molecule has 1 aromatic carbocycles. The minimum atomic E-state index is -0.779. The van der Waals surface area contributed by atoms with Gasteiger partial charge < -0.3 is 9.84 Å². The summed E-state index contributed by atoms with van der Waals surface area (Å²) >= 11 is 0. The monoisotopic (exact) mass is 292 g/mol. The molecule has 0 unspecified atom stereocenters. The Hall–Kier alpha value is -1.51. The van der Waals surface area contributed by atoms with Crippen LogP contribution >= 0.6 is 0 Å². The van der Waals surface area contributed by atoms with Crippen molar-refractivity contribution >= 4 is 5.97 Å². The van der Waals surface area contributed by atoms with E-state index in [1.807, 2.05) is 0 Å². The van der Waals surface area contributed by atoms with E-state index < -0.39 is 5.97 Å². The lowest BCUT2D eigenvalue weighted by molar-refractivity contribution is -0.137. The quantitative estimate of drug-likeness (QED) is 0.811. The summed E-state index contributed by atoms with van der Waals surface area (Å²) < 4.78 is 6.01. The molecule has 3 heteroatoms. The summed E-state index contributed by atoms with van der Waals surface area (Å²) in [6, 6.07) is 6.27. The Morgan fingerprint density at radius 3 is 1.90 bits per heavy atom. The lowest BCUT2D eigenvalue weighted by Crippen LogP contribution is -2.20. The van der Waals surface area contributed by atoms with Crippen LogP contribution in [0.25, 0.3) is 0 Å². The van der Waals surface area contributed by atoms with E-state index in [1.165, 1.54) is 11.1 Å². The zero-order valence-electron chi connectivity index (χ0n) is 14.1. The highest BCUT2D eigenvalue weighted by molar-refractivity contribution is 5.66. The highest BCUT2D eigenvalue weighted by Gasteiger charge is 2.26. The first-order chi connectivity index (χ1) is 9.53. The minimum absolute atomic E-state index is 0.0105. The number of hydrogen-bond acceptors (Lipinski definition) is 2. The van der Waals surface area contributed by atoms with Gasteiger partial charge in [0.15, 0.2) is 0 Å². The molecule has 0 atom stereocenters. The van der Waals surface area contributed by atoms with Crippen molar-refractivity contribution in [3.63, 3.8) is 0 Å². The molecule has 0 fully saturated rings. The van der Waals surface area contributed by atoms with Crippen LogP contribution in [-0.2, 0) is 15.6 Å². The molecule has 0 spiro atoms. The first kappa shape index (κ1) is 17.5. The summed E-state index contributed by atoms with van der Waals surface area (Å²) in [6.45, 7) is 13.4. The van der Waals surface area contributed by atoms with E-state index in [-0.39, 0.29) is 17.3 Å². The third-order valence-corrected chi connectivity index (χ3v) is 3.41. The van der Waals surface area contributed by atoms with E-state index in [2.05, 4.69) is 59.7 Å². The van der Waals surface area contributed by atoms with Gasteiger partial charge in [-0.1, -0.05) is 59.7 Å². The van der Waals surface area contributed by atoms with Crippen LogP contribution in [0.1, 0.15) is 65.5 Å². The molecule has 1 rings (SSSR count). The smallest absolute Gasteiger partial charge is 0.303 e. The molecule has 3 nitrogen and oxygen atoms in total. The maximum Gasteiger partial charge on any atom is 0.303 e. The standard InChI is InChI=1S/C18H28O3/c1-17(2,3)13-9-7-10-14(18(4,5)6)16(13)21-12-8-11-15(19)20/h7,9-10H,8,11-12H2,1-6H3,(H,19,20). The zero-order chi connectivity index (χ0) is 16.3. The van der Waals surface area contributed by atoms with E-state index in [4.69, 9.17) is 9.84 Å². The first-order valence-corrected chi connectivity index (χ1v) is 7.52. The second kappa shape index (κ2) is 6.50. The molecule has 1 aromatic rings. The summed E-state index contributed by atoms with van der Waals surface area (Å²) in [4.78, 5) is 10.6. The molecule has 0 bridgehead atoms. The molecule has 0 saturated heterocycles. The number of rotatable bonds is 5. The fourth-order valence-electron chi connectivity index (χ4n) is 2.27. The molecule has 0 aliphatic heterocycles. The molecule has 118 valence electrons. The SMILES string of the molecule is CC(C)(C)c1cccc(C(C)(C)C)c1OCCCC(=O)O. The molecular weight excluding hydrogens is 264 g/mol. The number of carboxylic acids is 1. The highest BCUT2D eigenvalue weighted by atomic mass is 16.5. The lowest BCUT2D eigenvalue weighted by atomic mass is 9.79. The topological polar surface area (TPSA) is 46.5 Å². The molecule has 1 N–H and O–H groups in total. The van der Waals surface area contributed by atoms with Gasteiger partial charge >= 0.3 is 5.97 Å². The predicted octanol–water partition coefficient (Wildman–Crippen LogP) is 4.53. The van der Waals surface area contributed by atoms with Gasteiger partial charge in [-0.15, -0.1) is 0 Å². The van der Waals surface area contributed by atoms with Gasteiger partial charge in [0.2, 0.25) is 0 Å². The summed E-state index contributed by atoms with van der Waals surface area (Å²) in [5.74, 6) is 0.140. The van der Waals surface area contributed by atoms with Gasteiger partial charge in [-0.3, -0.25) is 4.79 Å². The number of benzene rings is 1. The fraction of sp³-hybridized carbons (Fsp3) is 0.611. The number of aliphatic carboxylic acids is 1. The summed E-state index contributed by atoms with van der Waals surface area (Å²) in [6.07, 6.45) is 0.667. The van der Waals surface area contributed by atoms with Crippen molar-refractivity contribution in [3.8, 4) is 5.75 Å².